The molecule has 6 nitrogen and oxygen atoms in total. The standard InChI is InChI=1S/C16H20N2O4/c1-4-22-16(19)12(3)9-17-8-11(2)15-7-14(18(20)21)6-5-13(15)10-17/h5-7,11H,3-4,8-10H2,1-2H3. The molecule has 0 aliphatic carbocycles. The van der Waals surface area contributed by atoms with Crippen molar-refractivity contribution in [3.63, 3.8) is 0 Å². The smallest absolute Gasteiger partial charge is 0.334 e. The lowest BCUT2D eigenvalue weighted by atomic mass is 9.90. The minimum absolute atomic E-state index is 0.120. The zero-order chi connectivity index (χ0) is 16.3. The highest BCUT2D eigenvalue weighted by molar-refractivity contribution is 5.88. The van der Waals surface area contributed by atoms with Crippen molar-refractivity contribution in [1.82, 2.24) is 4.90 Å². The average Bonchev–Trinajstić information content (AvgIpc) is 2.47. The molecule has 1 aliphatic heterocycles. The van der Waals surface area contributed by atoms with Crippen molar-refractivity contribution >= 4 is 11.7 Å². The molecular formula is C16H20N2O4. The number of fused-ring (bicyclic) bond motifs is 1. The highest BCUT2D eigenvalue weighted by atomic mass is 16.6. The second kappa shape index (κ2) is 6.70. The Kier molecular flexibility index (Phi) is 4.92. The maximum atomic E-state index is 11.6. The Bertz CT molecular complexity index is 612. The lowest BCUT2D eigenvalue weighted by molar-refractivity contribution is -0.385. The van der Waals surface area contributed by atoms with E-state index in [1.54, 1.807) is 19.1 Å². The second-order valence-corrected chi connectivity index (χ2v) is 5.53. The Morgan fingerprint density at radius 3 is 2.91 bits per heavy atom. The molecule has 22 heavy (non-hydrogen) atoms. The summed E-state index contributed by atoms with van der Waals surface area (Å²) < 4.78 is 4.94. The average molecular weight is 304 g/mol. The van der Waals surface area contributed by atoms with E-state index in [4.69, 9.17) is 4.74 Å². The van der Waals surface area contributed by atoms with E-state index in [2.05, 4.69) is 11.5 Å². The van der Waals surface area contributed by atoms with Crippen molar-refractivity contribution in [1.29, 1.82) is 0 Å². The van der Waals surface area contributed by atoms with E-state index >= 15 is 0 Å². The van der Waals surface area contributed by atoms with Gasteiger partial charge in [0.05, 0.1) is 11.5 Å². The summed E-state index contributed by atoms with van der Waals surface area (Å²) in [7, 11) is 0. The topological polar surface area (TPSA) is 72.7 Å². The molecule has 0 saturated carbocycles. The van der Waals surface area contributed by atoms with Gasteiger partial charge in [0, 0.05) is 37.3 Å². The first-order valence-electron chi connectivity index (χ1n) is 7.26. The van der Waals surface area contributed by atoms with E-state index in [1.165, 1.54) is 6.07 Å². The SMILES string of the molecule is C=C(CN1Cc2ccc([N+](=O)[O-])cc2C(C)C1)C(=O)OCC. The van der Waals surface area contributed by atoms with Gasteiger partial charge in [0.25, 0.3) is 5.69 Å². The summed E-state index contributed by atoms with van der Waals surface area (Å²) in [6.07, 6.45) is 0. The van der Waals surface area contributed by atoms with E-state index in [0.29, 0.717) is 25.3 Å². The van der Waals surface area contributed by atoms with Gasteiger partial charge in [0.15, 0.2) is 0 Å². The van der Waals surface area contributed by atoms with E-state index in [0.717, 1.165) is 17.7 Å². The summed E-state index contributed by atoms with van der Waals surface area (Å²) in [5, 5.41) is 10.9. The molecule has 0 spiro atoms. The van der Waals surface area contributed by atoms with Crippen molar-refractivity contribution in [3.8, 4) is 0 Å². The highest BCUT2D eigenvalue weighted by Crippen LogP contribution is 2.31. The number of hydrogen-bond donors (Lipinski definition) is 0. The van der Waals surface area contributed by atoms with Crippen molar-refractivity contribution in [2.45, 2.75) is 26.3 Å². The molecule has 1 aromatic carbocycles. The van der Waals surface area contributed by atoms with Gasteiger partial charge in [-0.15, -0.1) is 0 Å². The number of nitrogens with zero attached hydrogens (tertiary/aromatic N) is 2. The van der Waals surface area contributed by atoms with Crippen LogP contribution in [-0.2, 0) is 16.1 Å². The third kappa shape index (κ3) is 3.51. The summed E-state index contributed by atoms with van der Waals surface area (Å²) in [4.78, 5) is 24.2. The molecule has 0 aromatic heterocycles. The van der Waals surface area contributed by atoms with Gasteiger partial charge in [-0.2, -0.15) is 0 Å². The Balaban J connectivity index is 2.10. The number of carbonyl (C=O) groups excluding carboxylic acids is 1. The molecular weight excluding hydrogens is 284 g/mol. The van der Waals surface area contributed by atoms with Gasteiger partial charge >= 0.3 is 5.97 Å². The Hall–Kier alpha value is -2.21. The zero-order valence-corrected chi connectivity index (χ0v) is 12.9. The van der Waals surface area contributed by atoms with Crippen molar-refractivity contribution in [2.24, 2.45) is 0 Å². The molecule has 1 unspecified atom stereocenters. The first-order chi connectivity index (χ1) is 10.4. The molecule has 1 heterocycles. The fourth-order valence-corrected chi connectivity index (χ4v) is 2.78. The van der Waals surface area contributed by atoms with Crippen LogP contribution >= 0.6 is 0 Å². The monoisotopic (exact) mass is 304 g/mol. The lowest BCUT2D eigenvalue weighted by Crippen LogP contribution is -2.35. The Morgan fingerprint density at radius 2 is 2.27 bits per heavy atom. The van der Waals surface area contributed by atoms with Gasteiger partial charge < -0.3 is 4.74 Å². The van der Waals surface area contributed by atoms with Crippen LogP contribution in [0.15, 0.2) is 30.4 Å². The van der Waals surface area contributed by atoms with Crippen LogP contribution < -0.4 is 0 Å². The van der Waals surface area contributed by atoms with Crippen LogP contribution in [0.1, 0.15) is 30.9 Å². The van der Waals surface area contributed by atoms with Gasteiger partial charge in [-0.3, -0.25) is 15.0 Å². The van der Waals surface area contributed by atoms with Crippen LogP contribution in [0.25, 0.3) is 0 Å². The number of nitro benzene ring substituents is 1. The molecule has 2 rings (SSSR count). The Labute approximate surface area is 129 Å². The van der Waals surface area contributed by atoms with Gasteiger partial charge in [-0.1, -0.05) is 19.6 Å². The number of esters is 1. The summed E-state index contributed by atoms with van der Waals surface area (Å²) in [5.41, 5.74) is 2.61. The fourth-order valence-electron chi connectivity index (χ4n) is 2.78. The van der Waals surface area contributed by atoms with E-state index in [1.807, 2.05) is 6.92 Å². The van der Waals surface area contributed by atoms with Crippen LogP contribution in [0.2, 0.25) is 0 Å². The minimum Gasteiger partial charge on any atom is -0.463 e. The Morgan fingerprint density at radius 1 is 1.55 bits per heavy atom. The normalized spacial score (nSPS) is 17.6. The number of non-ortho nitro benzene ring substituents is 1. The van der Waals surface area contributed by atoms with Gasteiger partial charge in [0.1, 0.15) is 0 Å². The van der Waals surface area contributed by atoms with Gasteiger partial charge in [-0.25, -0.2) is 4.79 Å². The fraction of sp³-hybridized carbons (Fsp3) is 0.438. The molecule has 0 N–H and O–H groups in total. The van der Waals surface area contributed by atoms with Gasteiger partial charge in [-0.05, 0) is 24.0 Å². The minimum atomic E-state index is -0.373. The number of rotatable bonds is 5. The first kappa shape index (κ1) is 16.2. The number of hydrogen-bond acceptors (Lipinski definition) is 5. The maximum Gasteiger partial charge on any atom is 0.334 e. The van der Waals surface area contributed by atoms with E-state index < -0.39 is 0 Å². The predicted molar refractivity (Wildman–Crippen MR) is 82.6 cm³/mol. The highest BCUT2D eigenvalue weighted by Gasteiger charge is 2.25. The lowest BCUT2D eigenvalue weighted by Gasteiger charge is -2.33. The van der Waals surface area contributed by atoms with Crippen LogP contribution in [-0.4, -0.2) is 35.5 Å². The quantitative estimate of drug-likeness (QED) is 0.362. The summed E-state index contributed by atoms with van der Waals surface area (Å²) in [5.74, 6) is -0.205. The van der Waals surface area contributed by atoms with E-state index in [-0.39, 0.29) is 22.5 Å². The van der Waals surface area contributed by atoms with Gasteiger partial charge in [0.2, 0.25) is 0 Å². The molecule has 1 aromatic rings. The third-order valence-electron chi connectivity index (χ3n) is 3.78. The van der Waals surface area contributed by atoms with Crippen molar-refractivity contribution < 1.29 is 14.5 Å². The molecule has 6 heteroatoms. The molecule has 118 valence electrons. The first-order valence-corrected chi connectivity index (χ1v) is 7.26. The van der Waals surface area contributed by atoms with Crippen molar-refractivity contribution in [2.75, 3.05) is 19.7 Å². The maximum absolute atomic E-state index is 11.6. The van der Waals surface area contributed by atoms with Crippen molar-refractivity contribution in [3.05, 3.63) is 51.6 Å². The number of benzene rings is 1. The number of carbonyl (C=O) groups is 1. The molecule has 1 atom stereocenters. The molecule has 1 aliphatic rings. The zero-order valence-electron chi connectivity index (χ0n) is 12.9. The second-order valence-electron chi connectivity index (χ2n) is 5.53. The van der Waals surface area contributed by atoms with Crippen LogP contribution in [0.4, 0.5) is 5.69 Å². The third-order valence-corrected chi connectivity index (χ3v) is 3.78. The largest absolute Gasteiger partial charge is 0.463 e. The van der Waals surface area contributed by atoms with Crippen LogP contribution in [0.5, 0.6) is 0 Å². The molecule has 0 amide bonds. The summed E-state index contributed by atoms with van der Waals surface area (Å²) in [6, 6.07) is 4.97. The number of ether oxygens (including phenoxy) is 1. The number of nitro groups is 1. The summed E-state index contributed by atoms with van der Waals surface area (Å²) >= 11 is 0. The molecule has 0 saturated heterocycles. The molecule has 0 radical (unpaired) electrons. The van der Waals surface area contributed by atoms with Crippen LogP contribution in [0.3, 0.4) is 0 Å². The molecule has 0 fully saturated rings. The summed E-state index contributed by atoms with van der Waals surface area (Å²) in [6.45, 7) is 9.73. The predicted octanol–water partition coefficient (Wildman–Crippen LogP) is 2.63. The molecule has 0 bridgehead atoms. The van der Waals surface area contributed by atoms with Crippen LogP contribution in [0, 0.1) is 10.1 Å². The van der Waals surface area contributed by atoms with E-state index in [9.17, 15) is 14.9 Å².